The van der Waals surface area contributed by atoms with Crippen LogP contribution in [-0.4, -0.2) is 5.78 Å². The molecule has 0 aromatic heterocycles. The first-order chi connectivity index (χ1) is 7.75. The summed E-state index contributed by atoms with van der Waals surface area (Å²) in [7, 11) is 0. The van der Waals surface area contributed by atoms with Gasteiger partial charge in [0, 0.05) is 17.0 Å². The van der Waals surface area contributed by atoms with Crippen molar-refractivity contribution >= 4 is 17.4 Å². The second-order valence-electron chi connectivity index (χ2n) is 3.60. The molecule has 0 aliphatic heterocycles. The highest BCUT2D eigenvalue weighted by Crippen LogP contribution is 2.13. The Morgan fingerprint density at radius 1 is 1.00 bits per heavy atom. The largest absolute Gasteiger partial charge is 0.294 e. The molecule has 2 rings (SSSR count). The molecular formula is C14H11ClO. The monoisotopic (exact) mass is 230 g/mol. The number of carbonyl (C=O) groups excluding carboxylic acids is 1. The Hall–Kier alpha value is -1.60. The van der Waals surface area contributed by atoms with Crippen LogP contribution < -0.4 is 0 Å². The van der Waals surface area contributed by atoms with E-state index in [0.29, 0.717) is 17.0 Å². The molecule has 0 saturated heterocycles. The van der Waals surface area contributed by atoms with Gasteiger partial charge in [0.05, 0.1) is 0 Å². The highest BCUT2D eigenvalue weighted by molar-refractivity contribution is 6.31. The molecule has 0 aliphatic carbocycles. The Bertz CT molecular complexity index is 491. The van der Waals surface area contributed by atoms with Crippen molar-refractivity contribution in [3.05, 3.63) is 70.7 Å². The van der Waals surface area contributed by atoms with E-state index in [4.69, 9.17) is 11.6 Å². The van der Waals surface area contributed by atoms with Crippen LogP contribution in [0.5, 0.6) is 0 Å². The highest BCUT2D eigenvalue weighted by Gasteiger charge is 2.06. The van der Waals surface area contributed by atoms with Crippen LogP contribution >= 0.6 is 11.6 Å². The van der Waals surface area contributed by atoms with Gasteiger partial charge in [-0.05, 0) is 17.7 Å². The van der Waals surface area contributed by atoms with Crippen molar-refractivity contribution in [3.63, 3.8) is 0 Å². The molecule has 0 aliphatic rings. The van der Waals surface area contributed by atoms with Crippen LogP contribution in [0.15, 0.2) is 54.6 Å². The number of carbonyl (C=O) groups is 1. The zero-order valence-corrected chi connectivity index (χ0v) is 9.45. The molecule has 16 heavy (non-hydrogen) atoms. The number of rotatable bonds is 3. The van der Waals surface area contributed by atoms with Gasteiger partial charge in [-0.2, -0.15) is 0 Å². The lowest BCUT2D eigenvalue weighted by molar-refractivity contribution is 0.0993. The molecule has 2 aromatic rings. The third-order valence-electron chi connectivity index (χ3n) is 2.35. The number of hydrogen-bond donors (Lipinski definition) is 0. The molecule has 2 aromatic carbocycles. The maximum absolute atomic E-state index is 11.9. The van der Waals surface area contributed by atoms with E-state index in [9.17, 15) is 4.79 Å². The normalized spacial score (nSPS) is 10.1. The Morgan fingerprint density at radius 2 is 1.75 bits per heavy atom. The van der Waals surface area contributed by atoms with Crippen molar-refractivity contribution in [3.8, 4) is 0 Å². The molecule has 1 nitrogen and oxygen atoms in total. The fourth-order valence-corrected chi connectivity index (χ4v) is 1.74. The maximum Gasteiger partial charge on any atom is 0.167 e. The first kappa shape index (κ1) is 10.9. The molecule has 0 amide bonds. The Balaban J connectivity index is 2.15. The lowest BCUT2D eigenvalue weighted by Gasteiger charge is -2.01. The fraction of sp³-hybridized carbons (Fsp3) is 0.0714. The molecule has 80 valence electrons. The standard InChI is InChI=1S/C14H11ClO/c15-13-8-4-7-12(10-13)14(16)9-11-5-2-1-3-6-11/h1-8,10H,9H2. The molecule has 0 radical (unpaired) electrons. The molecule has 0 bridgehead atoms. The second-order valence-corrected chi connectivity index (χ2v) is 4.03. The molecule has 0 heterocycles. The van der Waals surface area contributed by atoms with E-state index < -0.39 is 0 Å². The highest BCUT2D eigenvalue weighted by atomic mass is 35.5. The van der Waals surface area contributed by atoms with Crippen LogP contribution in [0.25, 0.3) is 0 Å². The summed E-state index contributed by atoms with van der Waals surface area (Å²) >= 11 is 5.84. The number of hydrogen-bond acceptors (Lipinski definition) is 1. The van der Waals surface area contributed by atoms with E-state index in [1.54, 1.807) is 24.3 Å². The summed E-state index contributed by atoms with van der Waals surface area (Å²) in [6, 6.07) is 16.7. The zero-order valence-electron chi connectivity index (χ0n) is 8.69. The van der Waals surface area contributed by atoms with Crippen LogP contribution in [0.1, 0.15) is 15.9 Å². The molecule has 0 saturated carbocycles. The van der Waals surface area contributed by atoms with Crippen LogP contribution in [-0.2, 0) is 6.42 Å². The summed E-state index contributed by atoms with van der Waals surface area (Å²) in [6.07, 6.45) is 0.418. The topological polar surface area (TPSA) is 17.1 Å². The third kappa shape index (κ3) is 2.71. The fourth-order valence-electron chi connectivity index (χ4n) is 1.55. The van der Waals surface area contributed by atoms with E-state index in [0.717, 1.165) is 5.56 Å². The summed E-state index contributed by atoms with van der Waals surface area (Å²) in [5.74, 6) is 0.0914. The molecule has 0 fully saturated rings. The minimum Gasteiger partial charge on any atom is -0.294 e. The van der Waals surface area contributed by atoms with E-state index in [1.807, 2.05) is 30.3 Å². The molecule has 0 atom stereocenters. The van der Waals surface area contributed by atoms with Gasteiger partial charge in [0.1, 0.15) is 0 Å². The number of ketones is 1. The first-order valence-corrected chi connectivity index (χ1v) is 5.46. The van der Waals surface area contributed by atoms with E-state index >= 15 is 0 Å². The smallest absolute Gasteiger partial charge is 0.167 e. The van der Waals surface area contributed by atoms with Gasteiger partial charge in [0.25, 0.3) is 0 Å². The van der Waals surface area contributed by atoms with Crippen LogP contribution in [0.2, 0.25) is 5.02 Å². The summed E-state index contributed by atoms with van der Waals surface area (Å²) in [5.41, 5.74) is 1.68. The van der Waals surface area contributed by atoms with Gasteiger partial charge in [-0.3, -0.25) is 4.79 Å². The van der Waals surface area contributed by atoms with Gasteiger partial charge in [0.15, 0.2) is 5.78 Å². The van der Waals surface area contributed by atoms with Gasteiger partial charge in [-0.1, -0.05) is 54.1 Å². The van der Waals surface area contributed by atoms with Crippen molar-refractivity contribution in [2.45, 2.75) is 6.42 Å². The summed E-state index contributed by atoms with van der Waals surface area (Å²) in [6.45, 7) is 0. The maximum atomic E-state index is 11.9. The molecule has 0 N–H and O–H groups in total. The summed E-state index contributed by atoms with van der Waals surface area (Å²) in [4.78, 5) is 11.9. The van der Waals surface area contributed by atoms with Crippen molar-refractivity contribution in [1.82, 2.24) is 0 Å². The second kappa shape index (κ2) is 4.95. The van der Waals surface area contributed by atoms with Crippen LogP contribution in [0, 0.1) is 0 Å². The van der Waals surface area contributed by atoms with Crippen molar-refractivity contribution in [2.24, 2.45) is 0 Å². The Labute approximate surface area is 99.7 Å². The minimum atomic E-state index is 0.0914. The predicted octanol–water partition coefficient (Wildman–Crippen LogP) is 3.77. The number of benzene rings is 2. The van der Waals surface area contributed by atoms with Crippen molar-refractivity contribution in [2.75, 3.05) is 0 Å². The SMILES string of the molecule is O=C(Cc1ccccc1)c1cccc(Cl)c1. The van der Waals surface area contributed by atoms with Gasteiger partial charge < -0.3 is 0 Å². The van der Waals surface area contributed by atoms with Crippen LogP contribution in [0.4, 0.5) is 0 Å². The molecule has 0 spiro atoms. The van der Waals surface area contributed by atoms with Crippen molar-refractivity contribution < 1.29 is 4.79 Å². The Morgan fingerprint density at radius 3 is 2.44 bits per heavy atom. The van der Waals surface area contributed by atoms with Gasteiger partial charge >= 0.3 is 0 Å². The van der Waals surface area contributed by atoms with Gasteiger partial charge in [-0.25, -0.2) is 0 Å². The van der Waals surface area contributed by atoms with Crippen LogP contribution in [0.3, 0.4) is 0 Å². The predicted molar refractivity (Wildman–Crippen MR) is 65.9 cm³/mol. The van der Waals surface area contributed by atoms with E-state index in [2.05, 4.69) is 0 Å². The third-order valence-corrected chi connectivity index (χ3v) is 2.59. The zero-order chi connectivity index (χ0) is 11.4. The molecule has 0 unspecified atom stereocenters. The minimum absolute atomic E-state index is 0.0914. The van der Waals surface area contributed by atoms with Gasteiger partial charge in [-0.15, -0.1) is 0 Å². The van der Waals surface area contributed by atoms with E-state index in [1.165, 1.54) is 0 Å². The van der Waals surface area contributed by atoms with E-state index in [-0.39, 0.29) is 5.78 Å². The lowest BCUT2D eigenvalue weighted by atomic mass is 10.0. The quantitative estimate of drug-likeness (QED) is 0.734. The van der Waals surface area contributed by atoms with Gasteiger partial charge in [0.2, 0.25) is 0 Å². The molecular weight excluding hydrogens is 220 g/mol. The Kier molecular flexibility index (Phi) is 3.37. The first-order valence-electron chi connectivity index (χ1n) is 5.08. The average Bonchev–Trinajstić information content (AvgIpc) is 2.30. The lowest BCUT2D eigenvalue weighted by Crippen LogP contribution is -2.02. The average molecular weight is 231 g/mol. The van der Waals surface area contributed by atoms with Crippen molar-refractivity contribution in [1.29, 1.82) is 0 Å². The summed E-state index contributed by atoms with van der Waals surface area (Å²) in [5, 5.41) is 0.596. The molecule has 2 heteroatoms. The number of Topliss-reactive ketones (excluding diaryl/α,β-unsaturated/α-hetero) is 1. The number of halogens is 1. The summed E-state index contributed by atoms with van der Waals surface area (Å²) < 4.78 is 0.